The van der Waals surface area contributed by atoms with E-state index in [1.165, 1.54) is 0 Å². The molecule has 7 heavy (non-hydrogen) atoms. The average molecular weight is 99.1 g/mol. The molecule has 0 saturated heterocycles. The fraction of sp³-hybridized carbons (Fsp3) is 0.750. The summed E-state index contributed by atoms with van der Waals surface area (Å²) in [5.74, 6) is 0. The molecule has 1 aliphatic heterocycles. The zero-order chi connectivity index (χ0) is 5.11. The maximum absolute atomic E-state index is 3.94. The molecule has 0 aromatic rings. The van der Waals surface area contributed by atoms with Gasteiger partial charge in [0, 0.05) is 6.21 Å². The van der Waals surface area contributed by atoms with Gasteiger partial charge in [-0.15, -0.1) is 0 Å². The minimum atomic E-state index is 0.306. The van der Waals surface area contributed by atoms with Crippen molar-refractivity contribution < 1.29 is 0 Å². The summed E-state index contributed by atoms with van der Waals surface area (Å²) < 4.78 is 0. The van der Waals surface area contributed by atoms with Crippen molar-refractivity contribution in [2.75, 3.05) is 13.7 Å². The molecule has 40 valence electrons. The smallest absolute Gasteiger partial charge is 0.0947 e. The zero-order valence-corrected chi connectivity index (χ0v) is 4.31. The second kappa shape index (κ2) is 2.04. The van der Waals surface area contributed by atoms with Crippen molar-refractivity contribution in [3.05, 3.63) is 0 Å². The molecule has 0 bridgehead atoms. The summed E-state index contributed by atoms with van der Waals surface area (Å²) in [6.07, 6.45) is 2.17. The molecule has 1 aliphatic rings. The molecule has 3 heteroatoms. The molecule has 0 amide bonds. The van der Waals surface area contributed by atoms with Gasteiger partial charge in [0.2, 0.25) is 0 Å². The second-order valence-electron chi connectivity index (χ2n) is 1.46. The molecule has 1 atom stereocenters. The first-order chi connectivity index (χ1) is 3.43. The number of hydrogen-bond acceptors (Lipinski definition) is 3. The van der Waals surface area contributed by atoms with Crippen LogP contribution in [0, 0.1) is 0 Å². The third-order valence-corrected chi connectivity index (χ3v) is 0.968. The van der Waals surface area contributed by atoms with E-state index in [-0.39, 0.29) is 0 Å². The van der Waals surface area contributed by atoms with Gasteiger partial charge in [0.05, 0.1) is 12.8 Å². The lowest BCUT2D eigenvalue weighted by atomic mass is 10.6. The minimum Gasteiger partial charge on any atom is -0.300 e. The molecule has 2 N–H and O–H groups in total. The highest BCUT2D eigenvalue weighted by atomic mass is 15.2. The number of aliphatic imine (C=N–C) groups is 1. The largest absolute Gasteiger partial charge is 0.300 e. The molecule has 0 aromatic carbocycles. The summed E-state index contributed by atoms with van der Waals surface area (Å²) in [4.78, 5) is 3.94. The van der Waals surface area contributed by atoms with Gasteiger partial charge in [-0.3, -0.25) is 10.3 Å². The molecule has 1 heterocycles. The normalized spacial score (nSPS) is 29.0. The van der Waals surface area contributed by atoms with Crippen LogP contribution < -0.4 is 10.6 Å². The average Bonchev–Trinajstić information content (AvgIpc) is 2.14. The maximum Gasteiger partial charge on any atom is 0.0947 e. The lowest BCUT2D eigenvalue weighted by Crippen LogP contribution is -2.36. The molecule has 0 spiro atoms. The van der Waals surface area contributed by atoms with E-state index in [0.717, 1.165) is 6.67 Å². The molecule has 0 radical (unpaired) electrons. The predicted octanol–water partition coefficient (Wildman–Crippen LogP) is -0.837. The Bertz CT molecular complexity index is 79.0. The summed E-state index contributed by atoms with van der Waals surface area (Å²) in [6.45, 7) is 0.755. The van der Waals surface area contributed by atoms with Crippen molar-refractivity contribution in [2.24, 2.45) is 4.99 Å². The first kappa shape index (κ1) is 4.74. The van der Waals surface area contributed by atoms with Gasteiger partial charge >= 0.3 is 0 Å². The fourth-order valence-electron chi connectivity index (χ4n) is 0.538. The maximum atomic E-state index is 3.94. The van der Waals surface area contributed by atoms with E-state index in [4.69, 9.17) is 0 Å². The van der Waals surface area contributed by atoms with Gasteiger partial charge in [0.15, 0.2) is 0 Å². The lowest BCUT2D eigenvalue weighted by molar-refractivity contribution is 0.611. The molecule has 0 fully saturated rings. The molecule has 3 nitrogen and oxygen atoms in total. The van der Waals surface area contributed by atoms with E-state index in [0.29, 0.717) is 6.17 Å². The molecular formula is C4H9N3. The van der Waals surface area contributed by atoms with Crippen LogP contribution in [-0.2, 0) is 0 Å². The second-order valence-corrected chi connectivity index (χ2v) is 1.46. The summed E-state index contributed by atoms with van der Waals surface area (Å²) in [7, 11) is 1.90. The van der Waals surface area contributed by atoms with Crippen molar-refractivity contribution in [3.8, 4) is 0 Å². The highest BCUT2D eigenvalue weighted by Gasteiger charge is 2.02. The van der Waals surface area contributed by atoms with Gasteiger partial charge in [-0.25, -0.2) is 0 Å². The van der Waals surface area contributed by atoms with Gasteiger partial charge in [-0.1, -0.05) is 0 Å². The van der Waals surface area contributed by atoms with Crippen molar-refractivity contribution in [2.45, 2.75) is 6.17 Å². The van der Waals surface area contributed by atoms with Crippen molar-refractivity contribution in [1.29, 1.82) is 0 Å². The summed E-state index contributed by atoms with van der Waals surface area (Å²) in [6, 6.07) is 0. The van der Waals surface area contributed by atoms with Crippen LogP contribution in [0.5, 0.6) is 0 Å². The SMILES string of the molecule is CN[C@H]1C=NCN1. The number of rotatable bonds is 1. The number of nitrogens with one attached hydrogen (secondary N) is 2. The monoisotopic (exact) mass is 99.1 g/mol. The van der Waals surface area contributed by atoms with Gasteiger partial charge < -0.3 is 5.32 Å². The molecule has 0 saturated carbocycles. The third-order valence-electron chi connectivity index (χ3n) is 0.968. The van der Waals surface area contributed by atoms with E-state index >= 15 is 0 Å². The van der Waals surface area contributed by atoms with Crippen LogP contribution in [0.2, 0.25) is 0 Å². The molecule has 0 unspecified atom stereocenters. The number of hydrogen-bond donors (Lipinski definition) is 2. The van der Waals surface area contributed by atoms with E-state index < -0.39 is 0 Å². The first-order valence-corrected chi connectivity index (χ1v) is 2.34. The van der Waals surface area contributed by atoms with Gasteiger partial charge in [0.1, 0.15) is 0 Å². The van der Waals surface area contributed by atoms with Gasteiger partial charge in [-0.05, 0) is 7.05 Å². The Morgan fingerprint density at radius 1 is 2.00 bits per heavy atom. The van der Waals surface area contributed by atoms with Crippen molar-refractivity contribution in [3.63, 3.8) is 0 Å². The molecule has 1 rings (SSSR count). The zero-order valence-electron chi connectivity index (χ0n) is 4.31. The Hall–Kier alpha value is -0.410. The summed E-state index contributed by atoms with van der Waals surface area (Å²) in [5, 5.41) is 6.08. The summed E-state index contributed by atoms with van der Waals surface area (Å²) >= 11 is 0. The van der Waals surface area contributed by atoms with E-state index in [1.54, 1.807) is 0 Å². The summed E-state index contributed by atoms with van der Waals surface area (Å²) in [5.41, 5.74) is 0. The highest BCUT2D eigenvalue weighted by molar-refractivity contribution is 5.65. The van der Waals surface area contributed by atoms with Crippen LogP contribution in [0.25, 0.3) is 0 Å². The first-order valence-electron chi connectivity index (χ1n) is 2.34. The molecule has 0 aliphatic carbocycles. The van der Waals surface area contributed by atoms with Gasteiger partial charge in [0.25, 0.3) is 0 Å². The van der Waals surface area contributed by atoms with E-state index in [9.17, 15) is 0 Å². The van der Waals surface area contributed by atoms with Crippen LogP contribution in [0.4, 0.5) is 0 Å². The Labute approximate surface area is 42.8 Å². The van der Waals surface area contributed by atoms with Crippen molar-refractivity contribution >= 4 is 6.21 Å². The Balaban J connectivity index is 2.28. The predicted molar refractivity (Wildman–Crippen MR) is 29.3 cm³/mol. The van der Waals surface area contributed by atoms with Crippen LogP contribution in [0.15, 0.2) is 4.99 Å². The van der Waals surface area contributed by atoms with Crippen LogP contribution >= 0.6 is 0 Å². The van der Waals surface area contributed by atoms with Crippen molar-refractivity contribution in [1.82, 2.24) is 10.6 Å². The number of nitrogens with zero attached hydrogens (tertiary/aromatic N) is 1. The van der Waals surface area contributed by atoms with Gasteiger partial charge in [-0.2, -0.15) is 0 Å². The quantitative estimate of drug-likeness (QED) is 0.450. The molecule has 0 aromatic heterocycles. The highest BCUT2D eigenvalue weighted by Crippen LogP contribution is 1.78. The van der Waals surface area contributed by atoms with E-state index in [2.05, 4.69) is 15.6 Å². The standard InChI is InChI=1S/C4H9N3/c1-5-4-2-6-3-7-4/h2,4-5,7H,3H2,1H3/t4-/m1/s1. The molecular weight excluding hydrogens is 90.1 g/mol. The fourth-order valence-corrected chi connectivity index (χ4v) is 0.538. The Morgan fingerprint density at radius 3 is 3.14 bits per heavy atom. The van der Waals surface area contributed by atoms with Crippen LogP contribution in [0.1, 0.15) is 0 Å². The van der Waals surface area contributed by atoms with E-state index in [1.807, 2.05) is 13.3 Å². The van der Waals surface area contributed by atoms with Crippen LogP contribution in [-0.4, -0.2) is 26.1 Å². The topological polar surface area (TPSA) is 36.4 Å². The Morgan fingerprint density at radius 2 is 2.86 bits per heavy atom. The van der Waals surface area contributed by atoms with Crippen LogP contribution in [0.3, 0.4) is 0 Å². The lowest BCUT2D eigenvalue weighted by Gasteiger charge is -2.01. The minimum absolute atomic E-state index is 0.306. The Kier molecular flexibility index (Phi) is 1.38. The third kappa shape index (κ3) is 0.976.